The van der Waals surface area contributed by atoms with E-state index >= 15 is 0 Å². The minimum atomic E-state index is -0.354. The van der Waals surface area contributed by atoms with Gasteiger partial charge in [0.15, 0.2) is 11.5 Å². The number of rotatable bonds is 5. The van der Waals surface area contributed by atoms with Gasteiger partial charge in [-0.1, -0.05) is 0 Å². The summed E-state index contributed by atoms with van der Waals surface area (Å²) < 4.78 is 22.2. The van der Waals surface area contributed by atoms with Crippen molar-refractivity contribution in [3.8, 4) is 28.7 Å². The van der Waals surface area contributed by atoms with Crippen LogP contribution in [0.15, 0.2) is 16.5 Å². The van der Waals surface area contributed by atoms with Crippen LogP contribution < -0.4 is 14.2 Å². The normalized spacial score (nSPS) is 10.4. The van der Waals surface area contributed by atoms with Crippen LogP contribution in [0.25, 0.3) is 11.5 Å². The second-order valence-electron chi connectivity index (χ2n) is 3.73. The molecule has 0 saturated heterocycles. The Labute approximate surface area is 120 Å². The summed E-state index contributed by atoms with van der Waals surface area (Å²) in [7, 11) is 4.55. The number of aliphatic hydroxyl groups excluding tert-OH is 1. The van der Waals surface area contributed by atoms with E-state index in [1.54, 1.807) is 12.1 Å². The molecule has 1 aromatic carbocycles. The molecule has 0 bridgehead atoms. The number of hydrogen-bond acceptors (Lipinski definition) is 7. The molecule has 0 aliphatic heterocycles. The molecule has 108 valence electrons. The van der Waals surface area contributed by atoms with Crippen LogP contribution in [0.4, 0.5) is 0 Å². The lowest BCUT2D eigenvalue weighted by Crippen LogP contribution is -1.99. The Morgan fingerprint density at radius 3 is 2.20 bits per heavy atom. The third kappa shape index (κ3) is 2.47. The molecule has 1 heterocycles. The fraction of sp³-hybridized carbons (Fsp3) is 0.333. The van der Waals surface area contributed by atoms with E-state index in [9.17, 15) is 0 Å². The maximum absolute atomic E-state index is 9.07. The minimum Gasteiger partial charge on any atom is -0.493 e. The van der Waals surface area contributed by atoms with E-state index in [1.807, 2.05) is 0 Å². The molecule has 0 fully saturated rings. The predicted molar refractivity (Wildman–Crippen MR) is 72.6 cm³/mol. The summed E-state index contributed by atoms with van der Waals surface area (Å²) >= 11 is 4.93. The SMILES string of the molecule is COc1cc(-c2nn(CO)c(=S)o2)cc(OC)c1OC. The molecule has 0 spiro atoms. The van der Waals surface area contributed by atoms with E-state index in [0.29, 0.717) is 22.8 Å². The largest absolute Gasteiger partial charge is 0.493 e. The van der Waals surface area contributed by atoms with Crippen LogP contribution in [0.1, 0.15) is 0 Å². The zero-order valence-electron chi connectivity index (χ0n) is 11.2. The highest BCUT2D eigenvalue weighted by molar-refractivity contribution is 7.71. The van der Waals surface area contributed by atoms with Gasteiger partial charge >= 0.3 is 0 Å². The van der Waals surface area contributed by atoms with Crippen LogP contribution in [0, 0.1) is 4.84 Å². The van der Waals surface area contributed by atoms with Crippen molar-refractivity contribution in [3.63, 3.8) is 0 Å². The second kappa shape index (κ2) is 5.93. The van der Waals surface area contributed by atoms with Crippen LogP contribution in [0.5, 0.6) is 17.2 Å². The Balaban J connectivity index is 2.59. The summed E-state index contributed by atoms with van der Waals surface area (Å²) in [4.78, 5) is 0.0799. The number of aromatic nitrogens is 2. The highest BCUT2D eigenvalue weighted by Gasteiger charge is 2.17. The lowest BCUT2D eigenvalue weighted by Gasteiger charge is -2.12. The average molecular weight is 298 g/mol. The Morgan fingerprint density at radius 2 is 1.80 bits per heavy atom. The molecule has 7 nitrogen and oxygen atoms in total. The molecule has 8 heteroatoms. The molecule has 2 rings (SSSR count). The first-order valence-electron chi connectivity index (χ1n) is 5.63. The van der Waals surface area contributed by atoms with Gasteiger partial charge in [-0.05, 0) is 24.4 Å². The molecule has 2 aromatic rings. The molecule has 0 amide bonds. The molecular weight excluding hydrogens is 284 g/mol. The number of benzene rings is 1. The maximum atomic E-state index is 9.07. The molecule has 1 aromatic heterocycles. The molecule has 20 heavy (non-hydrogen) atoms. The van der Waals surface area contributed by atoms with Crippen molar-refractivity contribution in [2.24, 2.45) is 0 Å². The lowest BCUT2D eigenvalue weighted by atomic mass is 10.2. The summed E-state index contributed by atoms with van der Waals surface area (Å²) in [5, 5.41) is 13.1. The summed E-state index contributed by atoms with van der Waals surface area (Å²) in [5.74, 6) is 1.67. The maximum Gasteiger partial charge on any atom is 0.289 e. The zero-order chi connectivity index (χ0) is 14.7. The number of aliphatic hydroxyl groups is 1. The van der Waals surface area contributed by atoms with Gasteiger partial charge in [0.2, 0.25) is 11.6 Å². The third-order valence-electron chi connectivity index (χ3n) is 2.65. The van der Waals surface area contributed by atoms with Crippen molar-refractivity contribution < 1.29 is 23.7 Å². The van der Waals surface area contributed by atoms with Crippen molar-refractivity contribution in [3.05, 3.63) is 17.0 Å². The first-order chi connectivity index (χ1) is 9.64. The summed E-state index contributed by atoms with van der Waals surface area (Å²) in [6, 6.07) is 3.37. The summed E-state index contributed by atoms with van der Waals surface area (Å²) in [6.45, 7) is -0.354. The van der Waals surface area contributed by atoms with E-state index in [4.69, 9.17) is 36.0 Å². The quantitative estimate of drug-likeness (QED) is 0.844. The number of methoxy groups -OCH3 is 3. The molecule has 1 N–H and O–H groups in total. The minimum absolute atomic E-state index is 0.0799. The molecule has 0 atom stereocenters. The molecule has 0 radical (unpaired) electrons. The van der Waals surface area contributed by atoms with E-state index in [2.05, 4.69) is 5.10 Å². The molecule has 0 saturated carbocycles. The third-order valence-corrected chi connectivity index (χ3v) is 2.95. The van der Waals surface area contributed by atoms with Crippen LogP contribution in [0.2, 0.25) is 0 Å². The van der Waals surface area contributed by atoms with Crippen LogP contribution in [-0.2, 0) is 6.73 Å². The van der Waals surface area contributed by atoms with E-state index < -0.39 is 0 Å². The van der Waals surface area contributed by atoms with Crippen molar-refractivity contribution >= 4 is 12.2 Å². The fourth-order valence-electron chi connectivity index (χ4n) is 1.72. The van der Waals surface area contributed by atoms with Gasteiger partial charge in [-0.2, -0.15) is 4.68 Å². The van der Waals surface area contributed by atoms with E-state index in [-0.39, 0.29) is 17.5 Å². The van der Waals surface area contributed by atoms with Gasteiger partial charge in [-0.15, -0.1) is 5.10 Å². The second-order valence-corrected chi connectivity index (χ2v) is 4.08. The topological polar surface area (TPSA) is 78.9 Å². The van der Waals surface area contributed by atoms with Crippen LogP contribution >= 0.6 is 12.2 Å². The number of hydrogen-bond donors (Lipinski definition) is 1. The number of ether oxygens (including phenoxy) is 3. The highest BCUT2D eigenvalue weighted by Crippen LogP contribution is 2.40. The fourth-order valence-corrected chi connectivity index (χ4v) is 1.89. The standard InChI is InChI=1S/C12H14N2O5S/c1-16-8-4-7(5-9(17-2)10(8)18-3)11-13-14(6-15)12(20)19-11/h4-5,15H,6H2,1-3H3. The lowest BCUT2D eigenvalue weighted by molar-refractivity contribution is 0.190. The first-order valence-corrected chi connectivity index (χ1v) is 6.04. The van der Waals surface area contributed by atoms with Gasteiger partial charge in [-0.3, -0.25) is 0 Å². The molecular formula is C12H14N2O5S. The van der Waals surface area contributed by atoms with Crippen molar-refractivity contribution in [1.29, 1.82) is 0 Å². The highest BCUT2D eigenvalue weighted by atomic mass is 32.1. The molecule has 0 aliphatic rings. The van der Waals surface area contributed by atoms with Gasteiger partial charge < -0.3 is 23.7 Å². The first kappa shape index (κ1) is 14.4. The van der Waals surface area contributed by atoms with Crippen molar-refractivity contribution in [2.45, 2.75) is 6.73 Å². The van der Waals surface area contributed by atoms with Gasteiger partial charge in [0.25, 0.3) is 4.84 Å². The van der Waals surface area contributed by atoms with Crippen molar-refractivity contribution in [2.75, 3.05) is 21.3 Å². The Hall–Kier alpha value is -2.06. The molecule has 0 unspecified atom stereocenters. The van der Waals surface area contributed by atoms with Gasteiger partial charge in [0.1, 0.15) is 6.73 Å². The average Bonchev–Trinajstić information content (AvgIpc) is 2.86. The van der Waals surface area contributed by atoms with Crippen LogP contribution in [0.3, 0.4) is 0 Å². The molecule has 0 aliphatic carbocycles. The Bertz CT molecular complexity index is 639. The van der Waals surface area contributed by atoms with Crippen LogP contribution in [-0.4, -0.2) is 36.2 Å². The number of nitrogens with zero attached hydrogens (tertiary/aromatic N) is 2. The van der Waals surface area contributed by atoms with Gasteiger partial charge in [0.05, 0.1) is 21.3 Å². The van der Waals surface area contributed by atoms with E-state index in [1.165, 1.54) is 21.3 Å². The predicted octanol–water partition coefficient (Wildman–Crippen LogP) is 1.85. The van der Waals surface area contributed by atoms with Gasteiger partial charge in [-0.25, -0.2) is 0 Å². The summed E-state index contributed by atoms with van der Waals surface area (Å²) in [6.07, 6.45) is 0. The van der Waals surface area contributed by atoms with E-state index in [0.717, 1.165) is 4.68 Å². The smallest absolute Gasteiger partial charge is 0.289 e. The zero-order valence-corrected chi connectivity index (χ0v) is 12.1. The summed E-state index contributed by atoms with van der Waals surface area (Å²) in [5.41, 5.74) is 0.595. The van der Waals surface area contributed by atoms with Gasteiger partial charge in [0, 0.05) is 5.56 Å². The Morgan fingerprint density at radius 1 is 1.20 bits per heavy atom. The Kier molecular flexibility index (Phi) is 4.26. The monoisotopic (exact) mass is 298 g/mol. The van der Waals surface area contributed by atoms with Crippen molar-refractivity contribution in [1.82, 2.24) is 9.78 Å².